The van der Waals surface area contributed by atoms with Gasteiger partial charge in [-0.2, -0.15) is 0 Å². The minimum absolute atomic E-state index is 0.368. The second-order valence-corrected chi connectivity index (χ2v) is 4.80. The molecule has 0 fully saturated rings. The van der Waals surface area contributed by atoms with Crippen molar-refractivity contribution in [2.75, 3.05) is 12.8 Å². The van der Waals surface area contributed by atoms with Crippen LogP contribution in [0.3, 0.4) is 0 Å². The second kappa shape index (κ2) is 5.02. The van der Waals surface area contributed by atoms with Crippen LogP contribution in [0.5, 0.6) is 0 Å². The molecule has 0 aliphatic heterocycles. The highest BCUT2D eigenvalue weighted by molar-refractivity contribution is 7.99. The number of carbonyl (C=O) groups excluding carboxylic acids is 1. The summed E-state index contributed by atoms with van der Waals surface area (Å²) in [7, 11) is 1.33. The first-order chi connectivity index (χ1) is 7.06. The molecule has 4 nitrogen and oxygen atoms in total. The molecule has 1 aromatic rings. The number of nitrogens with zero attached hydrogens (tertiary/aromatic N) is 1. The largest absolute Gasteiger partial charge is 0.465 e. The third kappa shape index (κ3) is 2.86. The molecule has 0 saturated heterocycles. The number of carbonyl (C=O) groups is 1. The zero-order valence-electron chi connectivity index (χ0n) is 8.98. The van der Waals surface area contributed by atoms with Gasteiger partial charge >= 0.3 is 5.97 Å². The minimum atomic E-state index is -0.430. The number of rotatable bonds is 3. The van der Waals surface area contributed by atoms with Gasteiger partial charge in [0.25, 0.3) is 0 Å². The normalized spacial score (nSPS) is 10.4. The Hall–Kier alpha value is -1.23. The van der Waals surface area contributed by atoms with Crippen LogP contribution in [-0.2, 0) is 4.74 Å². The van der Waals surface area contributed by atoms with E-state index in [0.29, 0.717) is 21.5 Å². The zero-order valence-corrected chi connectivity index (χ0v) is 9.80. The average Bonchev–Trinajstić information content (AvgIpc) is 2.19. The van der Waals surface area contributed by atoms with E-state index in [9.17, 15) is 4.79 Å². The summed E-state index contributed by atoms with van der Waals surface area (Å²) in [5.74, 6) is -0.430. The van der Waals surface area contributed by atoms with E-state index in [-0.39, 0.29) is 0 Å². The van der Waals surface area contributed by atoms with Gasteiger partial charge in [-0.15, -0.1) is 11.8 Å². The van der Waals surface area contributed by atoms with Crippen LogP contribution in [0.25, 0.3) is 0 Å². The summed E-state index contributed by atoms with van der Waals surface area (Å²) in [6.45, 7) is 4.08. The van der Waals surface area contributed by atoms with Gasteiger partial charge in [-0.1, -0.05) is 13.8 Å². The molecule has 5 heteroatoms. The molecule has 0 aliphatic rings. The number of hydrogen-bond acceptors (Lipinski definition) is 5. The SMILES string of the molecule is COC(=O)c1ccnc(SC(C)C)c1N. The van der Waals surface area contributed by atoms with Crippen LogP contribution in [0.15, 0.2) is 17.3 Å². The van der Waals surface area contributed by atoms with Crippen LogP contribution in [-0.4, -0.2) is 23.3 Å². The fourth-order valence-corrected chi connectivity index (χ4v) is 1.86. The van der Waals surface area contributed by atoms with E-state index in [0.717, 1.165) is 0 Å². The van der Waals surface area contributed by atoms with Gasteiger partial charge in [-0.05, 0) is 6.07 Å². The van der Waals surface area contributed by atoms with Crippen molar-refractivity contribution in [1.29, 1.82) is 0 Å². The van der Waals surface area contributed by atoms with Crippen LogP contribution < -0.4 is 5.73 Å². The van der Waals surface area contributed by atoms with Crippen molar-refractivity contribution in [3.8, 4) is 0 Å². The zero-order chi connectivity index (χ0) is 11.4. The van der Waals surface area contributed by atoms with Gasteiger partial charge in [-0.25, -0.2) is 9.78 Å². The number of nitrogen functional groups attached to an aromatic ring is 1. The third-order valence-electron chi connectivity index (χ3n) is 1.71. The Bertz CT molecular complexity index is 366. The van der Waals surface area contributed by atoms with E-state index in [4.69, 9.17) is 5.73 Å². The molecule has 0 aliphatic carbocycles. The van der Waals surface area contributed by atoms with E-state index in [2.05, 4.69) is 9.72 Å². The molecule has 0 radical (unpaired) electrons. The molecule has 0 amide bonds. The summed E-state index contributed by atoms with van der Waals surface area (Å²) in [5, 5.41) is 1.04. The summed E-state index contributed by atoms with van der Waals surface area (Å²) in [5.41, 5.74) is 6.59. The van der Waals surface area contributed by atoms with Crippen molar-refractivity contribution in [3.63, 3.8) is 0 Å². The summed E-state index contributed by atoms with van der Waals surface area (Å²) >= 11 is 1.52. The number of thioether (sulfide) groups is 1. The fraction of sp³-hybridized carbons (Fsp3) is 0.400. The number of nitrogens with two attached hydrogens (primary N) is 1. The molecule has 1 aromatic heterocycles. The van der Waals surface area contributed by atoms with Gasteiger partial charge in [0, 0.05) is 11.4 Å². The van der Waals surface area contributed by atoms with E-state index in [1.54, 1.807) is 12.3 Å². The molecule has 1 rings (SSSR count). The first-order valence-corrected chi connectivity index (χ1v) is 5.43. The second-order valence-electron chi connectivity index (χ2n) is 3.24. The van der Waals surface area contributed by atoms with Crippen LogP contribution in [0.1, 0.15) is 24.2 Å². The molecule has 0 aromatic carbocycles. The summed E-state index contributed by atoms with van der Waals surface area (Å²) in [6, 6.07) is 1.56. The molecular weight excluding hydrogens is 212 g/mol. The quantitative estimate of drug-likeness (QED) is 0.630. The van der Waals surface area contributed by atoms with Crippen molar-refractivity contribution in [1.82, 2.24) is 4.98 Å². The molecule has 82 valence electrons. The number of pyridine rings is 1. The minimum Gasteiger partial charge on any atom is -0.465 e. The molecule has 0 saturated carbocycles. The molecule has 2 N–H and O–H groups in total. The van der Waals surface area contributed by atoms with Gasteiger partial charge in [0.15, 0.2) is 0 Å². The molecule has 15 heavy (non-hydrogen) atoms. The predicted molar refractivity (Wildman–Crippen MR) is 61.0 cm³/mol. The Kier molecular flexibility index (Phi) is 3.96. The Morgan fingerprint density at radius 3 is 2.80 bits per heavy atom. The molecule has 0 spiro atoms. The molecule has 0 atom stereocenters. The van der Waals surface area contributed by atoms with Crippen molar-refractivity contribution >= 4 is 23.4 Å². The lowest BCUT2D eigenvalue weighted by Crippen LogP contribution is -2.07. The molecular formula is C10H14N2O2S. The van der Waals surface area contributed by atoms with E-state index >= 15 is 0 Å². The number of anilines is 1. The maximum Gasteiger partial charge on any atom is 0.340 e. The number of methoxy groups -OCH3 is 1. The van der Waals surface area contributed by atoms with Gasteiger partial charge in [0.1, 0.15) is 5.03 Å². The lowest BCUT2D eigenvalue weighted by Gasteiger charge is -2.09. The van der Waals surface area contributed by atoms with Crippen LogP contribution in [0.4, 0.5) is 5.69 Å². The standard InChI is InChI=1S/C10H14N2O2S/c1-6(2)15-9-8(11)7(4-5-12-9)10(13)14-3/h4-6H,11H2,1-3H3. The summed E-state index contributed by atoms with van der Waals surface area (Å²) in [4.78, 5) is 15.5. The van der Waals surface area contributed by atoms with Gasteiger partial charge in [0.2, 0.25) is 0 Å². The number of aromatic nitrogens is 1. The van der Waals surface area contributed by atoms with Crippen molar-refractivity contribution in [2.45, 2.75) is 24.1 Å². The van der Waals surface area contributed by atoms with Gasteiger partial charge in [0.05, 0.1) is 18.4 Å². The highest BCUT2D eigenvalue weighted by atomic mass is 32.2. The maximum absolute atomic E-state index is 11.3. The van der Waals surface area contributed by atoms with Crippen molar-refractivity contribution in [2.24, 2.45) is 0 Å². The lowest BCUT2D eigenvalue weighted by atomic mass is 10.2. The van der Waals surface area contributed by atoms with E-state index < -0.39 is 5.97 Å². The third-order valence-corrected chi connectivity index (χ3v) is 2.73. The smallest absolute Gasteiger partial charge is 0.340 e. The predicted octanol–water partition coefficient (Wildman–Crippen LogP) is 1.95. The lowest BCUT2D eigenvalue weighted by molar-refractivity contribution is 0.0601. The number of esters is 1. The first kappa shape index (κ1) is 11.8. The Morgan fingerprint density at radius 1 is 1.60 bits per heavy atom. The monoisotopic (exact) mass is 226 g/mol. The Morgan fingerprint density at radius 2 is 2.27 bits per heavy atom. The number of ether oxygens (including phenoxy) is 1. The topological polar surface area (TPSA) is 65.2 Å². The Labute approximate surface area is 93.2 Å². The van der Waals surface area contributed by atoms with E-state index in [1.807, 2.05) is 13.8 Å². The molecule has 0 bridgehead atoms. The molecule has 0 unspecified atom stereocenters. The molecule has 1 heterocycles. The van der Waals surface area contributed by atoms with E-state index in [1.165, 1.54) is 18.9 Å². The van der Waals surface area contributed by atoms with Gasteiger partial charge in [-0.3, -0.25) is 0 Å². The summed E-state index contributed by atoms with van der Waals surface area (Å²) < 4.78 is 4.62. The van der Waals surface area contributed by atoms with Crippen molar-refractivity contribution < 1.29 is 9.53 Å². The maximum atomic E-state index is 11.3. The van der Waals surface area contributed by atoms with Crippen LogP contribution in [0, 0.1) is 0 Å². The Balaban J connectivity index is 3.05. The number of hydrogen-bond donors (Lipinski definition) is 1. The van der Waals surface area contributed by atoms with Crippen molar-refractivity contribution in [3.05, 3.63) is 17.8 Å². The average molecular weight is 226 g/mol. The van der Waals surface area contributed by atoms with Crippen LogP contribution in [0.2, 0.25) is 0 Å². The highest BCUT2D eigenvalue weighted by Crippen LogP contribution is 2.28. The fourth-order valence-electron chi connectivity index (χ4n) is 1.06. The highest BCUT2D eigenvalue weighted by Gasteiger charge is 2.14. The summed E-state index contributed by atoms with van der Waals surface area (Å²) in [6.07, 6.45) is 1.56. The first-order valence-electron chi connectivity index (χ1n) is 4.55. The van der Waals surface area contributed by atoms with Crippen LogP contribution >= 0.6 is 11.8 Å². The van der Waals surface area contributed by atoms with Gasteiger partial charge < -0.3 is 10.5 Å².